The topological polar surface area (TPSA) is 79.0 Å². The molecule has 2 aliphatic rings. The standard InChI is InChI=1S/C25H33N3O4S/c1-25(2,3)18-8-13-22-21(16-18)28(33(4,30)31)17-23(32-22)24(29)26-19-9-11-20(12-10-19)27-14-6-5-7-15-27/h8-13,16,23H,5-7,14-15,17H2,1-4H3,(H,26,29). The van der Waals surface area contributed by atoms with Crippen molar-refractivity contribution in [3.8, 4) is 5.75 Å². The normalized spacial score (nSPS) is 19.0. The van der Waals surface area contributed by atoms with Crippen LogP contribution in [0.2, 0.25) is 0 Å². The second-order valence-corrected chi connectivity index (χ2v) is 11.8. The maximum Gasteiger partial charge on any atom is 0.267 e. The van der Waals surface area contributed by atoms with Crippen LogP contribution in [0.5, 0.6) is 5.75 Å². The highest BCUT2D eigenvalue weighted by Gasteiger charge is 2.36. The molecule has 8 heteroatoms. The number of rotatable bonds is 4. The van der Waals surface area contributed by atoms with Crippen LogP contribution in [0.4, 0.5) is 17.1 Å². The molecule has 1 unspecified atom stereocenters. The molecule has 2 aromatic carbocycles. The number of piperidine rings is 1. The lowest BCUT2D eigenvalue weighted by atomic mass is 9.86. The number of hydrogen-bond acceptors (Lipinski definition) is 5. The van der Waals surface area contributed by atoms with Crippen LogP contribution in [0.25, 0.3) is 0 Å². The maximum atomic E-state index is 13.0. The number of benzene rings is 2. The summed E-state index contributed by atoms with van der Waals surface area (Å²) in [5.41, 5.74) is 3.12. The molecule has 2 aliphatic heterocycles. The Morgan fingerprint density at radius 1 is 1.03 bits per heavy atom. The molecular formula is C25H33N3O4S. The zero-order chi connectivity index (χ0) is 23.8. The fraction of sp³-hybridized carbons (Fsp3) is 0.480. The SMILES string of the molecule is CC(C)(C)c1ccc2c(c1)N(S(C)(=O)=O)CC(C(=O)Nc1ccc(N3CCCCC3)cc1)O2. The van der Waals surface area contributed by atoms with Crippen LogP contribution < -0.4 is 19.3 Å². The molecule has 1 fully saturated rings. The summed E-state index contributed by atoms with van der Waals surface area (Å²) in [6.07, 6.45) is 3.88. The van der Waals surface area contributed by atoms with E-state index in [-0.39, 0.29) is 17.9 Å². The van der Waals surface area contributed by atoms with E-state index in [9.17, 15) is 13.2 Å². The van der Waals surface area contributed by atoms with E-state index in [2.05, 4.69) is 31.0 Å². The fourth-order valence-corrected chi connectivity index (χ4v) is 5.21. The average Bonchev–Trinajstić information content (AvgIpc) is 2.77. The summed E-state index contributed by atoms with van der Waals surface area (Å²) in [6, 6.07) is 13.3. The molecule has 0 radical (unpaired) electrons. The van der Waals surface area contributed by atoms with Crippen LogP contribution in [-0.2, 0) is 20.2 Å². The van der Waals surface area contributed by atoms with E-state index in [0.29, 0.717) is 17.1 Å². The first-order chi connectivity index (χ1) is 15.5. The summed E-state index contributed by atoms with van der Waals surface area (Å²) in [7, 11) is -3.59. The minimum atomic E-state index is -3.59. The third-order valence-electron chi connectivity index (χ3n) is 6.24. The minimum Gasteiger partial charge on any atom is -0.476 e. The number of nitrogens with one attached hydrogen (secondary N) is 1. The van der Waals surface area contributed by atoms with Crippen molar-refractivity contribution in [2.75, 3.05) is 40.4 Å². The van der Waals surface area contributed by atoms with Gasteiger partial charge in [0.25, 0.3) is 5.91 Å². The van der Waals surface area contributed by atoms with Gasteiger partial charge in [-0.05, 0) is 66.6 Å². The Bertz CT molecular complexity index is 1120. The van der Waals surface area contributed by atoms with Crippen molar-refractivity contribution in [2.45, 2.75) is 51.6 Å². The van der Waals surface area contributed by atoms with Gasteiger partial charge in [0.2, 0.25) is 10.0 Å². The smallest absolute Gasteiger partial charge is 0.267 e. The third-order valence-corrected chi connectivity index (χ3v) is 7.39. The molecule has 1 saturated heterocycles. The summed E-state index contributed by atoms with van der Waals surface area (Å²) in [6.45, 7) is 8.23. The number of nitrogens with zero attached hydrogens (tertiary/aromatic N) is 2. The van der Waals surface area contributed by atoms with Gasteiger partial charge < -0.3 is 15.0 Å². The van der Waals surface area contributed by atoms with Crippen molar-refractivity contribution < 1.29 is 17.9 Å². The second kappa shape index (κ2) is 8.89. The van der Waals surface area contributed by atoms with E-state index in [1.807, 2.05) is 36.4 Å². The van der Waals surface area contributed by atoms with Gasteiger partial charge in [-0.3, -0.25) is 9.10 Å². The molecular weight excluding hydrogens is 438 g/mol. The van der Waals surface area contributed by atoms with E-state index < -0.39 is 16.1 Å². The summed E-state index contributed by atoms with van der Waals surface area (Å²) in [4.78, 5) is 15.3. The quantitative estimate of drug-likeness (QED) is 0.725. The number of fused-ring (bicyclic) bond motifs is 1. The molecule has 0 aliphatic carbocycles. The Morgan fingerprint density at radius 3 is 2.30 bits per heavy atom. The number of ether oxygens (including phenoxy) is 1. The van der Waals surface area contributed by atoms with E-state index >= 15 is 0 Å². The van der Waals surface area contributed by atoms with Crippen LogP contribution in [-0.4, -0.2) is 46.3 Å². The molecule has 0 spiro atoms. The van der Waals surface area contributed by atoms with Gasteiger partial charge in [0, 0.05) is 24.5 Å². The molecule has 178 valence electrons. The van der Waals surface area contributed by atoms with E-state index in [0.717, 1.165) is 30.6 Å². The number of carbonyl (C=O) groups is 1. The molecule has 0 aromatic heterocycles. The van der Waals surface area contributed by atoms with Gasteiger partial charge in [-0.2, -0.15) is 0 Å². The van der Waals surface area contributed by atoms with Gasteiger partial charge in [-0.15, -0.1) is 0 Å². The molecule has 0 bridgehead atoms. The minimum absolute atomic E-state index is 0.0723. The predicted octanol–water partition coefficient (Wildman–Crippen LogP) is 4.14. The Morgan fingerprint density at radius 2 is 1.70 bits per heavy atom. The molecule has 1 amide bonds. The zero-order valence-electron chi connectivity index (χ0n) is 19.8. The Hall–Kier alpha value is -2.74. The molecule has 2 aromatic rings. The Balaban J connectivity index is 1.52. The van der Waals surface area contributed by atoms with Gasteiger partial charge in [-0.25, -0.2) is 8.42 Å². The molecule has 4 rings (SSSR count). The van der Waals surface area contributed by atoms with Crippen LogP contribution in [0, 0.1) is 0 Å². The van der Waals surface area contributed by atoms with Crippen LogP contribution in [0.15, 0.2) is 42.5 Å². The monoisotopic (exact) mass is 471 g/mol. The summed E-state index contributed by atoms with van der Waals surface area (Å²) in [5.74, 6) is 0.0141. The highest BCUT2D eigenvalue weighted by Crippen LogP contribution is 2.38. The van der Waals surface area contributed by atoms with Gasteiger partial charge >= 0.3 is 0 Å². The fourth-order valence-electron chi connectivity index (χ4n) is 4.30. The van der Waals surface area contributed by atoms with Crippen molar-refractivity contribution >= 4 is 33.0 Å². The molecule has 33 heavy (non-hydrogen) atoms. The third kappa shape index (κ3) is 5.27. The van der Waals surface area contributed by atoms with Gasteiger partial charge in [0.05, 0.1) is 18.5 Å². The first kappa shape index (κ1) is 23.4. The Kier molecular flexibility index (Phi) is 6.31. The van der Waals surface area contributed by atoms with E-state index in [1.165, 1.54) is 23.6 Å². The van der Waals surface area contributed by atoms with Crippen molar-refractivity contribution in [2.24, 2.45) is 0 Å². The molecule has 2 heterocycles. The second-order valence-electron chi connectivity index (χ2n) is 9.92. The Labute approximate surface area is 196 Å². The molecule has 7 nitrogen and oxygen atoms in total. The maximum absolute atomic E-state index is 13.0. The van der Waals surface area contributed by atoms with E-state index in [1.54, 1.807) is 6.07 Å². The largest absolute Gasteiger partial charge is 0.476 e. The van der Waals surface area contributed by atoms with Crippen LogP contribution >= 0.6 is 0 Å². The molecule has 1 N–H and O–H groups in total. The predicted molar refractivity (Wildman–Crippen MR) is 133 cm³/mol. The number of anilines is 3. The lowest BCUT2D eigenvalue weighted by Crippen LogP contribution is -2.48. The van der Waals surface area contributed by atoms with Crippen LogP contribution in [0.1, 0.15) is 45.6 Å². The van der Waals surface area contributed by atoms with Crippen molar-refractivity contribution in [1.82, 2.24) is 0 Å². The van der Waals surface area contributed by atoms with Crippen LogP contribution in [0.3, 0.4) is 0 Å². The van der Waals surface area contributed by atoms with Crippen molar-refractivity contribution in [3.05, 3.63) is 48.0 Å². The summed E-state index contributed by atoms with van der Waals surface area (Å²) < 4.78 is 32.3. The summed E-state index contributed by atoms with van der Waals surface area (Å²) in [5, 5.41) is 2.88. The number of hydrogen-bond donors (Lipinski definition) is 1. The lowest BCUT2D eigenvalue weighted by molar-refractivity contribution is -0.122. The van der Waals surface area contributed by atoms with Gasteiger partial charge in [-0.1, -0.05) is 26.8 Å². The molecule has 0 saturated carbocycles. The van der Waals surface area contributed by atoms with Crippen molar-refractivity contribution in [1.29, 1.82) is 0 Å². The van der Waals surface area contributed by atoms with E-state index in [4.69, 9.17) is 4.74 Å². The number of amides is 1. The van der Waals surface area contributed by atoms with Crippen molar-refractivity contribution in [3.63, 3.8) is 0 Å². The number of carbonyl (C=O) groups excluding carboxylic acids is 1. The first-order valence-corrected chi connectivity index (χ1v) is 13.3. The lowest BCUT2D eigenvalue weighted by Gasteiger charge is -2.35. The number of sulfonamides is 1. The summed E-state index contributed by atoms with van der Waals surface area (Å²) >= 11 is 0. The average molecular weight is 472 g/mol. The highest BCUT2D eigenvalue weighted by molar-refractivity contribution is 7.92. The zero-order valence-corrected chi connectivity index (χ0v) is 20.6. The molecule has 1 atom stereocenters. The first-order valence-electron chi connectivity index (χ1n) is 11.5. The van der Waals surface area contributed by atoms with Gasteiger partial charge in [0.1, 0.15) is 5.75 Å². The highest BCUT2D eigenvalue weighted by atomic mass is 32.2. The van der Waals surface area contributed by atoms with Gasteiger partial charge in [0.15, 0.2) is 6.10 Å².